The van der Waals surface area contributed by atoms with Crippen LogP contribution in [0.3, 0.4) is 0 Å². The summed E-state index contributed by atoms with van der Waals surface area (Å²) in [6.07, 6.45) is 1.17. The third kappa shape index (κ3) is 6.27. The molecule has 0 aliphatic heterocycles. The van der Waals surface area contributed by atoms with Gasteiger partial charge in [0.2, 0.25) is 0 Å². The molecule has 1 atom stereocenters. The van der Waals surface area contributed by atoms with Crippen molar-refractivity contribution in [2.75, 3.05) is 12.8 Å². The van der Waals surface area contributed by atoms with E-state index in [0.29, 0.717) is 0 Å². The molecule has 0 fully saturated rings. The fraction of sp³-hybridized carbons (Fsp3) is 0.533. The lowest BCUT2D eigenvalue weighted by Gasteiger charge is -2.21. The number of rotatable bonds is 5. The minimum Gasteiger partial charge on any atom is -0.459 e. The van der Waals surface area contributed by atoms with Crippen LogP contribution in [-0.4, -0.2) is 32.8 Å². The van der Waals surface area contributed by atoms with Crippen molar-refractivity contribution in [3.05, 3.63) is 29.8 Å². The predicted molar refractivity (Wildman–Crippen MR) is 81.8 cm³/mol. The summed E-state index contributed by atoms with van der Waals surface area (Å²) in [7, 11) is -3.19. The zero-order valence-corrected chi connectivity index (χ0v) is 14.0. The first-order chi connectivity index (χ1) is 9.49. The number of ether oxygens (including phenoxy) is 1. The monoisotopic (exact) mass is 313 g/mol. The Morgan fingerprint density at radius 1 is 1.24 bits per heavy atom. The average Bonchev–Trinajstić information content (AvgIpc) is 2.33. The van der Waals surface area contributed by atoms with Crippen molar-refractivity contribution in [3.63, 3.8) is 0 Å². The Morgan fingerprint density at radius 3 is 2.19 bits per heavy atom. The van der Waals surface area contributed by atoms with Gasteiger partial charge in [0.1, 0.15) is 5.60 Å². The fourth-order valence-electron chi connectivity index (χ4n) is 1.74. The van der Waals surface area contributed by atoms with E-state index in [0.717, 1.165) is 5.56 Å². The number of hydrogen-bond donors (Lipinski definition) is 1. The highest BCUT2D eigenvalue weighted by Crippen LogP contribution is 2.16. The summed E-state index contributed by atoms with van der Waals surface area (Å²) >= 11 is 0. The van der Waals surface area contributed by atoms with Crippen LogP contribution in [0.1, 0.15) is 39.3 Å². The van der Waals surface area contributed by atoms with Crippen LogP contribution in [0.4, 0.5) is 0 Å². The Kier molecular flexibility index (Phi) is 5.53. The number of benzene rings is 1. The standard InChI is InChI=1S/C15H23NO4S/c1-11(16-10-14(17)20-15(2,3)4)12-6-8-13(9-7-12)21(5,18)19/h6-9,11,16H,10H2,1-5H3. The van der Waals surface area contributed by atoms with Gasteiger partial charge in [0.15, 0.2) is 9.84 Å². The zero-order chi connectivity index (χ0) is 16.3. The molecular formula is C15H23NO4S. The van der Waals surface area contributed by atoms with Crippen molar-refractivity contribution < 1.29 is 17.9 Å². The number of carbonyl (C=O) groups excluding carboxylic acids is 1. The summed E-state index contributed by atoms with van der Waals surface area (Å²) in [4.78, 5) is 11.9. The van der Waals surface area contributed by atoms with E-state index in [-0.39, 0.29) is 23.5 Å². The highest BCUT2D eigenvalue weighted by Gasteiger charge is 2.17. The third-order valence-electron chi connectivity index (χ3n) is 2.78. The summed E-state index contributed by atoms with van der Waals surface area (Å²) in [5, 5.41) is 3.06. The first-order valence-electron chi connectivity index (χ1n) is 6.74. The summed E-state index contributed by atoms with van der Waals surface area (Å²) in [5.41, 5.74) is 0.407. The maximum Gasteiger partial charge on any atom is 0.320 e. The van der Waals surface area contributed by atoms with Gasteiger partial charge in [0, 0.05) is 12.3 Å². The summed E-state index contributed by atoms with van der Waals surface area (Å²) in [6, 6.07) is 6.53. The topological polar surface area (TPSA) is 72.5 Å². The molecule has 0 bridgehead atoms. The van der Waals surface area contributed by atoms with Gasteiger partial charge in [-0.05, 0) is 45.4 Å². The van der Waals surface area contributed by atoms with E-state index in [4.69, 9.17) is 4.74 Å². The van der Waals surface area contributed by atoms with E-state index in [2.05, 4.69) is 5.32 Å². The summed E-state index contributed by atoms with van der Waals surface area (Å²) in [6.45, 7) is 7.46. The quantitative estimate of drug-likeness (QED) is 0.843. The molecule has 21 heavy (non-hydrogen) atoms. The van der Waals surface area contributed by atoms with Crippen LogP contribution >= 0.6 is 0 Å². The molecule has 1 aromatic carbocycles. The van der Waals surface area contributed by atoms with Crippen molar-refractivity contribution in [1.29, 1.82) is 0 Å². The first kappa shape index (κ1) is 17.7. The molecule has 1 rings (SSSR count). The Balaban J connectivity index is 2.60. The SMILES string of the molecule is CC(NCC(=O)OC(C)(C)C)c1ccc(S(C)(=O)=O)cc1. The maximum atomic E-state index is 11.6. The minimum atomic E-state index is -3.19. The van der Waals surface area contributed by atoms with Gasteiger partial charge in [-0.3, -0.25) is 4.79 Å². The van der Waals surface area contributed by atoms with Gasteiger partial charge in [-0.2, -0.15) is 0 Å². The van der Waals surface area contributed by atoms with Crippen LogP contribution in [0.2, 0.25) is 0 Å². The van der Waals surface area contributed by atoms with E-state index in [1.165, 1.54) is 6.26 Å². The lowest BCUT2D eigenvalue weighted by Crippen LogP contribution is -2.32. The second-order valence-corrected chi connectivity index (χ2v) is 8.05. The molecule has 0 aromatic heterocycles. The number of esters is 1. The van der Waals surface area contributed by atoms with E-state index in [1.54, 1.807) is 24.3 Å². The minimum absolute atomic E-state index is 0.0777. The lowest BCUT2D eigenvalue weighted by molar-refractivity contribution is -0.153. The smallest absolute Gasteiger partial charge is 0.320 e. The molecule has 0 spiro atoms. The van der Waals surface area contributed by atoms with Crippen molar-refractivity contribution in [3.8, 4) is 0 Å². The van der Waals surface area contributed by atoms with Gasteiger partial charge in [0.25, 0.3) is 0 Å². The molecule has 0 amide bonds. The molecular weight excluding hydrogens is 290 g/mol. The van der Waals surface area contributed by atoms with Gasteiger partial charge < -0.3 is 10.1 Å². The fourth-order valence-corrected chi connectivity index (χ4v) is 2.37. The Labute approximate surface area is 126 Å². The van der Waals surface area contributed by atoms with Gasteiger partial charge in [0.05, 0.1) is 11.4 Å². The van der Waals surface area contributed by atoms with Gasteiger partial charge in [-0.25, -0.2) is 8.42 Å². The number of nitrogens with one attached hydrogen (secondary N) is 1. The van der Waals surface area contributed by atoms with Crippen LogP contribution in [0, 0.1) is 0 Å². The van der Waals surface area contributed by atoms with Crippen LogP contribution < -0.4 is 5.32 Å². The summed E-state index contributed by atoms with van der Waals surface area (Å²) in [5.74, 6) is -0.317. The summed E-state index contributed by atoms with van der Waals surface area (Å²) < 4.78 is 28.0. The zero-order valence-electron chi connectivity index (χ0n) is 13.1. The predicted octanol–water partition coefficient (Wildman–Crippen LogP) is 2.08. The molecule has 1 unspecified atom stereocenters. The molecule has 1 aromatic rings. The molecule has 0 saturated carbocycles. The Bertz CT molecular complexity index is 585. The molecule has 0 saturated heterocycles. The molecule has 118 valence electrons. The van der Waals surface area contributed by atoms with Crippen LogP contribution in [0.25, 0.3) is 0 Å². The highest BCUT2D eigenvalue weighted by molar-refractivity contribution is 7.90. The van der Waals surface area contributed by atoms with Crippen molar-refractivity contribution in [1.82, 2.24) is 5.32 Å². The van der Waals surface area contributed by atoms with Crippen LogP contribution in [0.15, 0.2) is 29.2 Å². The molecule has 6 heteroatoms. The largest absolute Gasteiger partial charge is 0.459 e. The molecule has 0 aliphatic carbocycles. The molecule has 0 heterocycles. The number of sulfone groups is 1. The van der Waals surface area contributed by atoms with E-state index in [1.807, 2.05) is 27.7 Å². The van der Waals surface area contributed by atoms with Crippen molar-refractivity contribution >= 4 is 15.8 Å². The first-order valence-corrected chi connectivity index (χ1v) is 8.63. The maximum absolute atomic E-state index is 11.6. The number of hydrogen-bond acceptors (Lipinski definition) is 5. The van der Waals surface area contributed by atoms with E-state index in [9.17, 15) is 13.2 Å². The third-order valence-corrected chi connectivity index (χ3v) is 3.91. The lowest BCUT2D eigenvalue weighted by atomic mass is 10.1. The molecule has 1 N–H and O–H groups in total. The van der Waals surface area contributed by atoms with Gasteiger partial charge >= 0.3 is 5.97 Å². The Morgan fingerprint density at radius 2 is 1.76 bits per heavy atom. The second kappa shape index (κ2) is 6.58. The van der Waals surface area contributed by atoms with E-state index < -0.39 is 15.4 Å². The van der Waals surface area contributed by atoms with Gasteiger partial charge in [-0.1, -0.05) is 12.1 Å². The van der Waals surface area contributed by atoms with Crippen molar-refractivity contribution in [2.45, 2.75) is 44.2 Å². The van der Waals surface area contributed by atoms with Crippen LogP contribution in [-0.2, 0) is 19.4 Å². The average molecular weight is 313 g/mol. The number of carbonyl (C=O) groups is 1. The van der Waals surface area contributed by atoms with E-state index >= 15 is 0 Å². The molecule has 0 radical (unpaired) electrons. The molecule has 0 aliphatic rings. The normalized spacial score (nSPS) is 13.8. The molecule has 5 nitrogen and oxygen atoms in total. The highest BCUT2D eigenvalue weighted by atomic mass is 32.2. The van der Waals surface area contributed by atoms with Crippen LogP contribution in [0.5, 0.6) is 0 Å². The second-order valence-electron chi connectivity index (χ2n) is 6.03. The van der Waals surface area contributed by atoms with Crippen molar-refractivity contribution in [2.24, 2.45) is 0 Å². The Hall–Kier alpha value is -1.40. The van der Waals surface area contributed by atoms with Gasteiger partial charge in [-0.15, -0.1) is 0 Å².